The van der Waals surface area contributed by atoms with Gasteiger partial charge in [0.15, 0.2) is 0 Å². The summed E-state index contributed by atoms with van der Waals surface area (Å²) in [6, 6.07) is 3.17. The number of nitrogens with zero attached hydrogens (tertiary/aromatic N) is 1. The summed E-state index contributed by atoms with van der Waals surface area (Å²) in [6.07, 6.45) is 3.78. The first-order valence-corrected chi connectivity index (χ1v) is 5.53. The summed E-state index contributed by atoms with van der Waals surface area (Å²) in [6.45, 7) is 0. The van der Waals surface area contributed by atoms with E-state index in [1.807, 2.05) is 5.43 Å². The van der Waals surface area contributed by atoms with Crippen molar-refractivity contribution in [1.29, 1.82) is 0 Å². The molecule has 0 radical (unpaired) electrons. The molecule has 1 rings (SSSR count). The molecule has 1 amide bonds. The minimum atomic E-state index is -3.67. The fourth-order valence-electron chi connectivity index (χ4n) is 0.587. The van der Waals surface area contributed by atoms with Crippen molar-refractivity contribution >= 4 is 16.0 Å². The minimum absolute atomic E-state index is 0. The Kier molecular flexibility index (Phi) is 9.63. The van der Waals surface area contributed by atoms with Gasteiger partial charge < -0.3 is 1.43 Å². The number of aromatic nitrogens is 1. The van der Waals surface area contributed by atoms with Crippen LogP contribution in [0.1, 0.15) is 11.8 Å². The standard InChI is InChI=1S/C6H7N3O.CH4O3S.Na.H/c7-9-6(10)5-1-3-8-4-2-5;1-5(2,3)4;;/h1-4H,7H2,(H,9,10);1H3,(H,2,3,4);;/q;;+1;-1. The van der Waals surface area contributed by atoms with Gasteiger partial charge in [0, 0.05) is 18.0 Å². The van der Waals surface area contributed by atoms with E-state index in [0.29, 0.717) is 11.8 Å². The number of amides is 1. The zero-order valence-electron chi connectivity index (χ0n) is 9.91. The van der Waals surface area contributed by atoms with Crippen LogP contribution in [0.15, 0.2) is 24.5 Å². The Bertz CT molecular complexity index is 406. The van der Waals surface area contributed by atoms with Gasteiger partial charge in [-0.25, -0.2) is 5.84 Å². The molecule has 9 heteroatoms. The Morgan fingerprint density at radius 2 is 1.88 bits per heavy atom. The van der Waals surface area contributed by atoms with Crippen LogP contribution >= 0.6 is 0 Å². The van der Waals surface area contributed by atoms with Crippen molar-refractivity contribution in [3.8, 4) is 0 Å². The maximum atomic E-state index is 10.7. The molecule has 0 saturated carbocycles. The Morgan fingerprint density at radius 3 is 2.19 bits per heavy atom. The molecule has 0 fully saturated rings. The monoisotopic (exact) mass is 257 g/mol. The molecule has 4 N–H and O–H groups in total. The van der Waals surface area contributed by atoms with E-state index in [-0.39, 0.29) is 36.9 Å². The molecule has 0 atom stereocenters. The maximum Gasteiger partial charge on any atom is 1.00 e. The number of nitrogen functional groups attached to an aromatic ring is 1. The van der Waals surface area contributed by atoms with Gasteiger partial charge in [0.25, 0.3) is 16.0 Å². The van der Waals surface area contributed by atoms with Crippen LogP contribution in [0.5, 0.6) is 0 Å². The second-order valence-corrected chi connectivity index (χ2v) is 3.91. The van der Waals surface area contributed by atoms with E-state index in [0.717, 1.165) is 0 Å². The predicted octanol–water partition coefficient (Wildman–Crippen LogP) is -3.69. The molecule has 16 heavy (non-hydrogen) atoms. The van der Waals surface area contributed by atoms with Crippen LogP contribution in [0.4, 0.5) is 0 Å². The van der Waals surface area contributed by atoms with Gasteiger partial charge in [-0.2, -0.15) is 8.42 Å². The molecule has 7 nitrogen and oxygen atoms in total. The molecule has 86 valence electrons. The van der Waals surface area contributed by atoms with Crippen LogP contribution in [0.3, 0.4) is 0 Å². The Hall–Kier alpha value is -0.510. The number of hydrogen-bond acceptors (Lipinski definition) is 5. The first kappa shape index (κ1) is 17.9. The number of nitrogens with two attached hydrogens (primary N) is 1. The van der Waals surface area contributed by atoms with E-state index in [9.17, 15) is 13.2 Å². The Balaban J connectivity index is -0.000000247. The van der Waals surface area contributed by atoms with Crippen molar-refractivity contribution in [2.45, 2.75) is 0 Å². The molecule has 0 saturated heterocycles. The summed E-state index contributed by atoms with van der Waals surface area (Å²) in [5, 5.41) is 0. The van der Waals surface area contributed by atoms with Gasteiger partial charge in [-0.15, -0.1) is 0 Å². The summed E-state index contributed by atoms with van der Waals surface area (Å²) in [5.74, 6) is 4.58. The van der Waals surface area contributed by atoms with Crippen LogP contribution in [0.25, 0.3) is 0 Å². The first-order valence-electron chi connectivity index (χ1n) is 3.68. The summed E-state index contributed by atoms with van der Waals surface area (Å²) < 4.78 is 25.9. The van der Waals surface area contributed by atoms with Gasteiger partial charge in [0.05, 0.1) is 6.26 Å². The van der Waals surface area contributed by atoms with Crippen LogP contribution < -0.4 is 40.8 Å². The third kappa shape index (κ3) is 11.6. The van der Waals surface area contributed by atoms with Gasteiger partial charge in [0.2, 0.25) is 0 Å². The Morgan fingerprint density at radius 1 is 1.50 bits per heavy atom. The largest absolute Gasteiger partial charge is 1.00 e. The SMILES string of the molecule is CS(=O)(=O)O.NNC(=O)c1ccncc1.[H-].[Na+]. The second kappa shape index (κ2) is 8.62. The molecule has 0 bridgehead atoms. The maximum absolute atomic E-state index is 10.7. The van der Waals surface area contributed by atoms with Crippen molar-refractivity contribution in [3.05, 3.63) is 30.1 Å². The van der Waals surface area contributed by atoms with E-state index >= 15 is 0 Å². The zero-order chi connectivity index (χ0) is 11.9. The average Bonchev–Trinajstić information content (AvgIpc) is 2.15. The van der Waals surface area contributed by atoms with Crippen molar-refractivity contribution in [2.24, 2.45) is 5.84 Å². The number of hydrogen-bond donors (Lipinski definition) is 3. The van der Waals surface area contributed by atoms with Crippen LogP contribution in [-0.2, 0) is 10.1 Å². The summed E-state index contributed by atoms with van der Waals surface area (Å²) in [7, 11) is -3.67. The summed E-state index contributed by atoms with van der Waals surface area (Å²) >= 11 is 0. The third-order valence-electron chi connectivity index (χ3n) is 1.07. The topological polar surface area (TPSA) is 122 Å². The van der Waals surface area contributed by atoms with Gasteiger partial charge >= 0.3 is 29.6 Å². The smallest absolute Gasteiger partial charge is 1.00 e. The van der Waals surface area contributed by atoms with Crippen LogP contribution in [0.2, 0.25) is 0 Å². The van der Waals surface area contributed by atoms with Crippen molar-refractivity contribution in [3.63, 3.8) is 0 Å². The van der Waals surface area contributed by atoms with E-state index in [2.05, 4.69) is 4.98 Å². The summed E-state index contributed by atoms with van der Waals surface area (Å²) in [5.41, 5.74) is 2.53. The van der Waals surface area contributed by atoms with Crippen molar-refractivity contribution in [1.82, 2.24) is 10.4 Å². The quantitative estimate of drug-likeness (QED) is 0.156. The predicted molar refractivity (Wildman–Crippen MR) is 54.5 cm³/mol. The number of rotatable bonds is 1. The first-order chi connectivity index (χ1) is 6.84. The van der Waals surface area contributed by atoms with Crippen LogP contribution in [0, 0.1) is 0 Å². The molecule has 1 aromatic heterocycles. The number of carbonyl (C=O) groups is 1. The average molecular weight is 257 g/mol. The van der Waals surface area contributed by atoms with Gasteiger partial charge in [0.1, 0.15) is 0 Å². The number of carbonyl (C=O) groups excluding carboxylic acids is 1. The van der Waals surface area contributed by atoms with Gasteiger partial charge in [-0.05, 0) is 12.1 Å². The molecule has 1 heterocycles. The minimum Gasteiger partial charge on any atom is -1.00 e. The Labute approximate surface area is 117 Å². The molecule has 0 unspecified atom stereocenters. The number of nitrogens with one attached hydrogen (secondary N) is 1. The van der Waals surface area contributed by atoms with Crippen molar-refractivity contribution in [2.75, 3.05) is 6.26 Å². The van der Waals surface area contributed by atoms with Crippen LogP contribution in [-0.4, -0.2) is 30.1 Å². The van der Waals surface area contributed by atoms with E-state index < -0.39 is 10.1 Å². The molecule has 0 spiro atoms. The molecule has 1 aromatic rings. The third-order valence-corrected chi connectivity index (χ3v) is 1.07. The fourth-order valence-corrected chi connectivity index (χ4v) is 0.587. The van der Waals surface area contributed by atoms with E-state index in [4.69, 9.17) is 10.4 Å². The van der Waals surface area contributed by atoms with E-state index in [1.54, 1.807) is 12.1 Å². The molecular formula is C7H12N3NaO4S. The molecule has 0 aliphatic heterocycles. The number of hydrazine groups is 1. The molecule has 0 aliphatic rings. The number of pyridine rings is 1. The molecule has 0 aliphatic carbocycles. The summed E-state index contributed by atoms with van der Waals surface area (Å²) in [4.78, 5) is 14.5. The molecular weight excluding hydrogens is 245 g/mol. The fraction of sp³-hybridized carbons (Fsp3) is 0.143. The zero-order valence-corrected chi connectivity index (χ0v) is 11.7. The normalized spacial score (nSPS) is 9.19. The van der Waals surface area contributed by atoms with Crippen molar-refractivity contribution < 1.29 is 48.7 Å². The second-order valence-electron chi connectivity index (χ2n) is 2.44. The van der Waals surface area contributed by atoms with Gasteiger partial charge in [-0.3, -0.25) is 19.8 Å². The van der Waals surface area contributed by atoms with Gasteiger partial charge in [-0.1, -0.05) is 0 Å². The van der Waals surface area contributed by atoms with E-state index in [1.165, 1.54) is 12.4 Å². The molecule has 0 aromatic carbocycles.